The second kappa shape index (κ2) is 8.11. The normalized spacial score (nSPS) is 23.1. The number of aliphatic hydroxyl groups is 1. The van der Waals surface area contributed by atoms with E-state index >= 15 is 0 Å². The summed E-state index contributed by atoms with van der Waals surface area (Å²) < 4.78 is 0. The first-order valence-electron chi connectivity index (χ1n) is 7.97. The third-order valence-electron chi connectivity index (χ3n) is 4.28. The second-order valence-electron chi connectivity index (χ2n) is 6.86. The molecule has 23 heavy (non-hydrogen) atoms. The van der Waals surface area contributed by atoms with E-state index in [0.29, 0.717) is 5.57 Å². The monoisotopic (exact) mass is 316 g/mol. The molecule has 0 heterocycles. The Morgan fingerprint density at radius 2 is 1.87 bits per heavy atom. The van der Waals surface area contributed by atoms with Crippen molar-refractivity contribution in [2.45, 2.75) is 53.6 Å². The molecule has 1 atom stereocenters. The van der Waals surface area contributed by atoms with Gasteiger partial charge in [0.05, 0.1) is 6.10 Å². The quantitative estimate of drug-likeness (QED) is 0.577. The van der Waals surface area contributed by atoms with Crippen LogP contribution in [-0.4, -0.2) is 22.3 Å². The minimum atomic E-state index is -0.937. The highest BCUT2D eigenvalue weighted by molar-refractivity contribution is 5.81. The lowest BCUT2D eigenvalue weighted by molar-refractivity contribution is -0.131. The summed E-state index contributed by atoms with van der Waals surface area (Å²) in [4.78, 5) is 10.5. The van der Waals surface area contributed by atoms with Gasteiger partial charge >= 0.3 is 5.97 Å². The summed E-state index contributed by atoms with van der Waals surface area (Å²) in [6, 6.07) is 0. The average molecular weight is 316 g/mol. The van der Waals surface area contributed by atoms with Crippen molar-refractivity contribution in [3.8, 4) is 0 Å². The van der Waals surface area contributed by atoms with Gasteiger partial charge in [0.2, 0.25) is 0 Å². The summed E-state index contributed by atoms with van der Waals surface area (Å²) in [6.45, 7) is 10.2. The van der Waals surface area contributed by atoms with Gasteiger partial charge in [0.1, 0.15) is 0 Å². The molecular weight excluding hydrogens is 288 g/mol. The van der Waals surface area contributed by atoms with Gasteiger partial charge in [-0.25, -0.2) is 4.79 Å². The van der Waals surface area contributed by atoms with Crippen LogP contribution >= 0.6 is 0 Å². The van der Waals surface area contributed by atoms with Crippen LogP contribution in [0.2, 0.25) is 0 Å². The summed E-state index contributed by atoms with van der Waals surface area (Å²) in [5.41, 5.74) is 4.11. The number of hydrogen-bond donors (Lipinski definition) is 2. The first-order valence-corrected chi connectivity index (χ1v) is 7.97. The van der Waals surface area contributed by atoms with Crippen LogP contribution in [0, 0.1) is 5.41 Å². The SMILES string of the molecule is CC1=C(/C=C/C(C)=C/C=C/C(C)=C/C(=O)O)C(C)(C)CCC1O. The van der Waals surface area contributed by atoms with Crippen LogP contribution in [0.5, 0.6) is 0 Å². The van der Waals surface area contributed by atoms with Crippen molar-refractivity contribution in [2.75, 3.05) is 0 Å². The molecule has 0 amide bonds. The zero-order valence-electron chi connectivity index (χ0n) is 14.8. The average Bonchev–Trinajstić information content (AvgIpc) is 2.42. The smallest absolute Gasteiger partial charge is 0.328 e. The molecule has 1 rings (SSSR count). The molecule has 0 fully saturated rings. The van der Waals surface area contributed by atoms with Crippen LogP contribution < -0.4 is 0 Å². The van der Waals surface area contributed by atoms with Crippen molar-refractivity contribution in [2.24, 2.45) is 5.41 Å². The number of aliphatic hydroxyl groups excluding tert-OH is 1. The van der Waals surface area contributed by atoms with Gasteiger partial charge < -0.3 is 10.2 Å². The molecule has 2 N–H and O–H groups in total. The molecule has 0 spiro atoms. The standard InChI is InChI=1S/C20H28O3/c1-14(7-6-8-15(2)13-19(22)23)9-10-17-16(3)18(21)11-12-20(17,4)5/h6-10,13,18,21H,11-12H2,1-5H3,(H,22,23)/b8-6+,10-9+,14-7+,15-13+. The Balaban J connectivity index is 2.87. The maximum atomic E-state index is 10.5. The van der Waals surface area contributed by atoms with Crippen molar-refractivity contribution in [1.29, 1.82) is 0 Å². The van der Waals surface area contributed by atoms with E-state index < -0.39 is 5.97 Å². The van der Waals surface area contributed by atoms with Gasteiger partial charge in [-0.05, 0) is 55.7 Å². The summed E-state index contributed by atoms with van der Waals surface area (Å²) in [6.07, 6.45) is 12.3. The molecule has 0 bridgehead atoms. The Kier molecular flexibility index (Phi) is 6.77. The minimum Gasteiger partial charge on any atom is -0.478 e. The van der Waals surface area contributed by atoms with Crippen molar-refractivity contribution in [3.63, 3.8) is 0 Å². The van der Waals surface area contributed by atoms with Crippen LogP contribution in [0.25, 0.3) is 0 Å². The zero-order chi connectivity index (χ0) is 17.6. The van der Waals surface area contributed by atoms with E-state index in [1.54, 1.807) is 13.0 Å². The predicted octanol–water partition coefficient (Wildman–Crippen LogP) is 4.57. The fourth-order valence-corrected chi connectivity index (χ4v) is 2.78. The van der Waals surface area contributed by atoms with Crippen LogP contribution in [-0.2, 0) is 4.79 Å². The molecule has 0 aliphatic heterocycles. The van der Waals surface area contributed by atoms with Gasteiger partial charge in [-0.2, -0.15) is 0 Å². The van der Waals surface area contributed by atoms with E-state index in [1.165, 1.54) is 11.6 Å². The van der Waals surface area contributed by atoms with E-state index in [0.717, 1.165) is 24.0 Å². The van der Waals surface area contributed by atoms with E-state index in [1.807, 2.05) is 32.1 Å². The molecule has 0 radical (unpaired) electrons. The van der Waals surface area contributed by atoms with Gasteiger partial charge in [-0.1, -0.05) is 49.8 Å². The lowest BCUT2D eigenvalue weighted by atomic mass is 9.71. The molecule has 0 aromatic carbocycles. The summed E-state index contributed by atoms with van der Waals surface area (Å²) in [5, 5.41) is 18.7. The lowest BCUT2D eigenvalue weighted by Crippen LogP contribution is -2.27. The van der Waals surface area contributed by atoms with Crippen molar-refractivity contribution >= 4 is 5.97 Å². The fourth-order valence-electron chi connectivity index (χ4n) is 2.78. The van der Waals surface area contributed by atoms with Crippen molar-refractivity contribution in [1.82, 2.24) is 0 Å². The molecule has 1 aliphatic rings. The van der Waals surface area contributed by atoms with E-state index in [2.05, 4.69) is 19.9 Å². The highest BCUT2D eigenvalue weighted by atomic mass is 16.4. The molecule has 0 saturated heterocycles. The Morgan fingerprint density at radius 1 is 1.22 bits per heavy atom. The van der Waals surface area contributed by atoms with Crippen LogP contribution in [0.3, 0.4) is 0 Å². The molecule has 3 heteroatoms. The largest absolute Gasteiger partial charge is 0.478 e. The number of aliphatic carboxylic acids is 1. The third-order valence-corrected chi connectivity index (χ3v) is 4.28. The molecule has 3 nitrogen and oxygen atoms in total. The number of allylic oxidation sites excluding steroid dienone is 8. The molecule has 126 valence electrons. The summed E-state index contributed by atoms with van der Waals surface area (Å²) in [5.74, 6) is -0.937. The van der Waals surface area contributed by atoms with Gasteiger partial charge in [0.25, 0.3) is 0 Å². The first-order chi connectivity index (χ1) is 10.6. The topological polar surface area (TPSA) is 57.5 Å². The molecule has 0 aromatic heterocycles. The summed E-state index contributed by atoms with van der Waals surface area (Å²) in [7, 11) is 0. The maximum absolute atomic E-state index is 10.5. The van der Waals surface area contributed by atoms with E-state index in [4.69, 9.17) is 5.11 Å². The number of hydrogen-bond acceptors (Lipinski definition) is 2. The lowest BCUT2D eigenvalue weighted by Gasteiger charge is -2.35. The Labute approximate surface area is 139 Å². The maximum Gasteiger partial charge on any atom is 0.328 e. The molecule has 1 aliphatic carbocycles. The second-order valence-corrected chi connectivity index (χ2v) is 6.86. The minimum absolute atomic E-state index is 0.0801. The number of rotatable bonds is 5. The van der Waals surface area contributed by atoms with E-state index in [-0.39, 0.29) is 11.5 Å². The van der Waals surface area contributed by atoms with Gasteiger partial charge in [-0.3, -0.25) is 0 Å². The molecule has 0 saturated carbocycles. The molecule has 1 unspecified atom stereocenters. The highest BCUT2D eigenvalue weighted by Gasteiger charge is 2.30. The van der Waals surface area contributed by atoms with Crippen LogP contribution in [0.15, 0.2) is 58.7 Å². The summed E-state index contributed by atoms with van der Waals surface area (Å²) >= 11 is 0. The number of carbonyl (C=O) groups is 1. The molecule has 0 aromatic rings. The number of carboxylic acids is 1. The van der Waals surface area contributed by atoms with Crippen molar-refractivity contribution < 1.29 is 15.0 Å². The van der Waals surface area contributed by atoms with E-state index in [9.17, 15) is 9.90 Å². The Morgan fingerprint density at radius 3 is 2.48 bits per heavy atom. The van der Waals surface area contributed by atoms with Crippen molar-refractivity contribution in [3.05, 3.63) is 58.7 Å². The first kappa shape index (κ1) is 19.2. The zero-order valence-corrected chi connectivity index (χ0v) is 14.8. The van der Waals surface area contributed by atoms with Gasteiger partial charge in [-0.15, -0.1) is 0 Å². The van der Waals surface area contributed by atoms with Gasteiger partial charge in [0, 0.05) is 6.08 Å². The fraction of sp³-hybridized carbons (Fsp3) is 0.450. The predicted molar refractivity (Wildman–Crippen MR) is 95.2 cm³/mol. The Bertz CT molecular complexity index is 598. The Hall–Kier alpha value is -1.87. The van der Waals surface area contributed by atoms with Gasteiger partial charge in [0.15, 0.2) is 0 Å². The van der Waals surface area contributed by atoms with Crippen LogP contribution in [0.4, 0.5) is 0 Å². The third kappa shape index (κ3) is 6.03. The molecular formula is C20H28O3. The highest BCUT2D eigenvalue weighted by Crippen LogP contribution is 2.40. The number of carboxylic acid groups (broad SMARTS) is 1. The van der Waals surface area contributed by atoms with Crippen LogP contribution in [0.1, 0.15) is 47.5 Å².